The lowest BCUT2D eigenvalue weighted by Gasteiger charge is -2.37. The standard InChI is InChI=1S/C18H16F3NOS/c1-18(7-2-8-18)24-16-9-11(3-5-14(16)20)17(23)22-12-4-6-13(19)15(21)10-12/h3-6,9-10H,2,7-8H2,1H3,(H,22,23). The fourth-order valence-corrected chi connectivity index (χ4v) is 3.92. The van der Waals surface area contributed by atoms with Crippen LogP contribution in [-0.2, 0) is 0 Å². The van der Waals surface area contributed by atoms with E-state index < -0.39 is 17.5 Å². The molecule has 3 rings (SSSR count). The molecule has 126 valence electrons. The minimum atomic E-state index is -1.04. The van der Waals surface area contributed by atoms with Gasteiger partial charge in [0.05, 0.1) is 0 Å². The maximum atomic E-state index is 14.0. The predicted octanol–water partition coefficient (Wildman–Crippen LogP) is 5.39. The molecule has 24 heavy (non-hydrogen) atoms. The average Bonchev–Trinajstić information content (AvgIpc) is 2.51. The number of rotatable bonds is 4. The van der Waals surface area contributed by atoms with E-state index >= 15 is 0 Å². The fourth-order valence-electron chi connectivity index (χ4n) is 2.54. The summed E-state index contributed by atoms with van der Waals surface area (Å²) in [5.74, 6) is -2.89. The number of hydrogen-bond acceptors (Lipinski definition) is 2. The third-order valence-corrected chi connectivity index (χ3v) is 5.57. The molecule has 2 aromatic rings. The molecule has 0 heterocycles. The van der Waals surface area contributed by atoms with Gasteiger partial charge in [0.25, 0.3) is 5.91 Å². The van der Waals surface area contributed by atoms with E-state index in [1.165, 1.54) is 36.0 Å². The molecule has 1 aliphatic rings. The second-order valence-corrected chi connectivity index (χ2v) is 7.76. The molecular weight excluding hydrogens is 335 g/mol. The van der Waals surface area contributed by atoms with Crippen LogP contribution < -0.4 is 5.32 Å². The molecule has 0 saturated heterocycles. The zero-order valence-corrected chi connectivity index (χ0v) is 13.9. The van der Waals surface area contributed by atoms with Gasteiger partial charge in [-0.15, -0.1) is 11.8 Å². The third kappa shape index (κ3) is 3.59. The second kappa shape index (κ2) is 6.51. The van der Waals surface area contributed by atoms with Crippen molar-refractivity contribution in [3.63, 3.8) is 0 Å². The summed E-state index contributed by atoms with van der Waals surface area (Å²) in [6, 6.07) is 7.24. The average molecular weight is 351 g/mol. The number of anilines is 1. The first-order chi connectivity index (χ1) is 11.4. The molecule has 0 atom stereocenters. The molecule has 1 N–H and O–H groups in total. The van der Waals surface area contributed by atoms with Gasteiger partial charge < -0.3 is 5.32 Å². The summed E-state index contributed by atoms with van der Waals surface area (Å²) in [6.45, 7) is 2.08. The van der Waals surface area contributed by atoms with Crippen LogP contribution in [0.15, 0.2) is 41.3 Å². The quantitative estimate of drug-likeness (QED) is 0.800. The molecule has 0 spiro atoms. The SMILES string of the molecule is CC1(Sc2cc(C(=O)Nc3ccc(F)c(F)c3)ccc2F)CCC1. The Balaban J connectivity index is 1.78. The monoisotopic (exact) mass is 351 g/mol. The molecule has 1 amide bonds. The highest BCUT2D eigenvalue weighted by atomic mass is 32.2. The van der Waals surface area contributed by atoms with E-state index in [1.54, 1.807) is 0 Å². The Labute approximate surface area is 142 Å². The Kier molecular flexibility index (Phi) is 4.58. The molecule has 1 fully saturated rings. The molecule has 1 aliphatic carbocycles. The van der Waals surface area contributed by atoms with Crippen molar-refractivity contribution < 1.29 is 18.0 Å². The predicted molar refractivity (Wildman–Crippen MR) is 88.8 cm³/mol. The smallest absolute Gasteiger partial charge is 0.255 e. The van der Waals surface area contributed by atoms with Crippen LogP contribution in [0, 0.1) is 17.5 Å². The van der Waals surface area contributed by atoms with Crippen LogP contribution in [-0.4, -0.2) is 10.7 Å². The number of benzene rings is 2. The van der Waals surface area contributed by atoms with Gasteiger partial charge in [0.1, 0.15) is 5.82 Å². The van der Waals surface area contributed by atoms with E-state index in [0.717, 1.165) is 31.4 Å². The first-order valence-corrected chi connectivity index (χ1v) is 8.43. The number of nitrogens with one attached hydrogen (secondary N) is 1. The maximum Gasteiger partial charge on any atom is 0.255 e. The summed E-state index contributed by atoms with van der Waals surface area (Å²) >= 11 is 1.44. The normalized spacial score (nSPS) is 15.7. The fraction of sp³-hybridized carbons (Fsp3) is 0.278. The minimum Gasteiger partial charge on any atom is -0.322 e. The molecule has 6 heteroatoms. The topological polar surface area (TPSA) is 29.1 Å². The van der Waals surface area contributed by atoms with Gasteiger partial charge >= 0.3 is 0 Å². The van der Waals surface area contributed by atoms with Crippen LogP contribution in [0.3, 0.4) is 0 Å². The summed E-state index contributed by atoms with van der Waals surface area (Å²) < 4.78 is 40.1. The van der Waals surface area contributed by atoms with Crippen LogP contribution in [0.5, 0.6) is 0 Å². The van der Waals surface area contributed by atoms with Crippen LogP contribution in [0.1, 0.15) is 36.5 Å². The molecular formula is C18H16F3NOS. The number of halogens is 3. The van der Waals surface area contributed by atoms with Gasteiger partial charge in [-0.3, -0.25) is 4.79 Å². The number of carbonyl (C=O) groups excluding carboxylic acids is 1. The van der Waals surface area contributed by atoms with Crippen molar-refractivity contribution in [1.82, 2.24) is 0 Å². The van der Waals surface area contributed by atoms with Gasteiger partial charge in [-0.2, -0.15) is 0 Å². The Morgan fingerprint density at radius 3 is 2.38 bits per heavy atom. The Morgan fingerprint density at radius 1 is 1.04 bits per heavy atom. The number of carbonyl (C=O) groups is 1. The van der Waals surface area contributed by atoms with Crippen molar-refractivity contribution in [3.8, 4) is 0 Å². The van der Waals surface area contributed by atoms with Gasteiger partial charge in [0.2, 0.25) is 0 Å². The van der Waals surface area contributed by atoms with Crippen LogP contribution in [0.25, 0.3) is 0 Å². The zero-order valence-electron chi connectivity index (χ0n) is 13.0. The lowest BCUT2D eigenvalue weighted by molar-refractivity contribution is 0.102. The first-order valence-electron chi connectivity index (χ1n) is 7.61. The second-order valence-electron chi connectivity index (χ2n) is 6.13. The van der Waals surface area contributed by atoms with Crippen LogP contribution in [0.2, 0.25) is 0 Å². The number of amides is 1. The summed E-state index contributed by atoms with van der Waals surface area (Å²) in [4.78, 5) is 12.7. The molecule has 0 radical (unpaired) electrons. The molecule has 0 unspecified atom stereocenters. The lowest BCUT2D eigenvalue weighted by atomic mass is 9.86. The van der Waals surface area contributed by atoms with Gasteiger partial charge in [-0.1, -0.05) is 13.3 Å². The molecule has 0 bridgehead atoms. The Hall–Kier alpha value is -1.95. The van der Waals surface area contributed by atoms with Gasteiger partial charge in [-0.25, -0.2) is 13.2 Å². The van der Waals surface area contributed by atoms with E-state index in [-0.39, 0.29) is 21.8 Å². The molecule has 0 aromatic heterocycles. The molecule has 2 nitrogen and oxygen atoms in total. The van der Waals surface area contributed by atoms with Gasteiger partial charge in [0, 0.05) is 27.0 Å². The lowest BCUT2D eigenvalue weighted by Crippen LogP contribution is -2.29. The maximum absolute atomic E-state index is 14.0. The van der Waals surface area contributed by atoms with Crippen LogP contribution >= 0.6 is 11.8 Å². The van der Waals surface area contributed by atoms with Crippen LogP contribution in [0.4, 0.5) is 18.9 Å². The van der Waals surface area contributed by atoms with Crippen molar-refractivity contribution >= 4 is 23.4 Å². The Morgan fingerprint density at radius 2 is 1.75 bits per heavy atom. The summed E-state index contributed by atoms with van der Waals surface area (Å²) in [5, 5.41) is 2.49. The largest absolute Gasteiger partial charge is 0.322 e. The highest BCUT2D eigenvalue weighted by Crippen LogP contribution is 2.47. The van der Waals surface area contributed by atoms with Gasteiger partial charge in [0.15, 0.2) is 11.6 Å². The van der Waals surface area contributed by atoms with E-state index in [4.69, 9.17) is 0 Å². The number of thioether (sulfide) groups is 1. The Bertz CT molecular complexity index is 790. The van der Waals surface area contributed by atoms with E-state index in [1.807, 2.05) is 0 Å². The molecule has 2 aromatic carbocycles. The summed E-state index contributed by atoms with van der Waals surface area (Å²) in [7, 11) is 0. The molecule has 1 saturated carbocycles. The highest BCUT2D eigenvalue weighted by molar-refractivity contribution is 8.00. The van der Waals surface area contributed by atoms with Crippen molar-refractivity contribution in [3.05, 3.63) is 59.4 Å². The van der Waals surface area contributed by atoms with Crippen molar-refractivity contribution in [2.24, 2.45) is 0 Å². The van der Waals surface area contributed by atoms with Gasteiger partial charge in [-0.05, 0) is 43.2 Å². The zero-order chi connectivity index (χ0) is 17.3. The van der Waals surface area contributed by atoms with Crippen molar-refractivity contribution in [2.45, 2.75) is 35.8 Å². The van der Waals surface area contributed by atoms with E-state index in [0.29, 0.717) is 4.90 Å². The summed E-state index contributed by atoms with van der Waals surface area (Å²) in [6.07, 6.45) is 3.16. The minimum absolute atomic E-state index is 0.00995. The summed E-state index contributed by atoms with van der Waals surface area (Å²) in [5.41, 5.74) is 0.412. The third-order valence-electron chi connectivity index (χ3n) is 4.14. The van der Waals surface area contributed by atoms with Crippen molar-refractivity contribution in [1.29, 1.82) is 0 Å². The van der Waals surface area contributed by atoms with E-state index in [2.05, 4.69) is 12.2 Å². The first kappa shape index (κ1) is 16.9. The number of hydrogen-bond donors (Lipinski definition) is 1. The van der Waals surface area contributed by atoms with E-state index in [9.17, 15) is 18.0 Å². The highest BCUT2D eigenvalue weighted by Gasteiger charge is 2.33. The van der Waals surface area contributed by atoms with Crippen molar-refractivity contribution in [2.75, 3.05) is 5.32 Å². The molecule has 0 aliphatic heterocycles.